The molecule has 0 amide bonds. The lowest BCUT2D eigenvalue weighted by Gasteiger charge is -2.39. The standard InChI is InChI=1S/C9H19N2O2P/c1-7(2)9(5-6-10,8(3)4)13-14(11)12/h7-8,12H,5,11H2,1-4H3. The molecular weight excluding hydrogens is 199 g/mol. The van der Waals surface area contributed by atoms with Crippen molar-refractivity contribution in [2.24, 2.45) is 17.3 Å². The maximum Gasteiger partial charge on any atom is 0.250 e. The molecule has 0 spiro atoms. The van der Waals surface area contributed by atoms with Crippen LogP contribution in [-0.2, 0) is 4.52 Å². The smallest absolute Gasteiger partial charge is 0.250 e. The minimum atomic E-state index is -1.92. The van der Waals surface area contributed by atoms with Gasteiger partial charge < -0.3 is 9.42 Å². The van der Waals surface area contributed by atoms with Crippen LogP contribution in [0.2, 0.25) is 0 Å². The van der Waals surface area contributed by atoms with E-state index in [0.717, 1.165) is 0 Å². The third kappa shape index (κ3) is 3.18. The molecule has 0 bridgehead atoms. The zero-order valence-electron chi connectivity index (χ0n) is 9.19. The van der Waals surface area contributed by atoms with Crippen molar-refractivity contribution >= 4 is 8.53 Å². The summed E-state index contributed by atoms with van der Waals surface area (Å²) >= 11 is 0. The highest BCUT2D eigenvalue weighted by Crippen LogP contribution is 2.41. The van der Waals surface area contributed by atoms with Gasteiger partial charge in [0.1, 0.15) is 0 Å². The van der Waals surface area contributed by atoms with E-state index >= 15 is 0 Å². The number of nitrogens with zero attached hydrogens (tertiary/aromatic N) is 1. The molecule has 0 saturated heterocycles. The summed E-state index contributed by atoms with van der Waals surface area (Å²) in [7, 11) is -1.92. The van der Waals surface area contributed by atoms with Crippen molar-refractivity contribution in [1.82, 2.24) is 0 Å². The van der Waals surface area contributed by atoms with E-state index in [4.69, 9.17) is 20.2 Å². The van der Waals surface area contributed by atoms with Crippen molar-refractivity contribution < 1.29 is 9.42 Å². The first-order valence-corrected chi connectivity index (χ1v) is 5.94. The fourth-order valence-corrected chi connectivity index (χ4v) is 2.45. The third-order valence-corrected chi connectivity index (χ3v) is 3.10. The average molecular weight is 218 g/mol. The lowest BCUT2D eigenvalue weighted by Crippen LogP contribution is -2.42. The van der Waals surface area contributed by atoms with Gasteiger partial charge in [0, 0.05) is 0 Å². The summed E-state index contributed by atoms with van der Waals surface area (Å²) in [6, 6.07) is 2.10. The van der Waals surface area contributed by atoms with Crippen LogP contribution < -0.4 is 5.50 Å². The molecule has 0 saturated carbocycles. The molecule has 0 radical (unpaired) electrons. The Labute approximate surface area is 87.0 Å². The first-order chi connectivity index (χ1) is 6.36. The predicted molar refractivity (Wildman–Crippen MR) is 57.0 cm³/mol. The van der Waals surface area contributed by atoms with E-state index < -0.39 is 14.1 Å². The first-order valence-electron chi connectivity index (χ1n) is 4.66. The van der Waals surface area contributed by atoms with E-state index in [9.17, 15) is 0 Å². The Morgan fingerprint density at radius 3 is 2.07 bits per heavy atom. The number of hydrogen-bond donors (Lipinski definition) is 2. The monoisotopic (exact) mass is 218 g/mol. The van der Waals surface area contributed by atoms with Crippen molar-refractivity contribution in [3.05, 3.63) is 0 Å². The minimum Gasteiger partial charge on any atom is -0.338 e. The molecule has 0 rings (SSSR count). The largest absolute Gasteiger partial charge is 0.338 e. The van der Waals surface area contributed by atoms with Crippen molar-refractivity contribution in [2.75, 3.05) is 0 Å². The quantitative estimate of drug-likeness (QED) is 0.693. The van der Waals surface area contributed by atoms with Gasteiger partial charge in [0.15, 0.2) is 0 Å². The molecule has 4 nitrogen and oxygen atoms in total. The summed E-state index contributed by atoms with van der Waals surface area (Å²) in [5.74, 6) is 0.283. The van der Waals surface area contributed by atoms with Gasteiger partial charge in [-0.25, -0.2) is 0 Å². The molecule has 1 unspecified atom stereocenters. The van der Waals surface area contributed by atoms with Gasteiger partial charge in [0.05, 0.1) is 18.1 Å². The Hall–Kier alpha value is -0.200. The second kappa shape index (κ2) is 5.63. The summed E-state index contributed by atoms with van der Waals surface area (Å²) < 4.78 is 5.38. The van der Waals surface area contributed by atoms with E-state index in [1.807, 2.05) is 27.7 Å². The molecule has 0 aromatic rings. The maximum atomic E-state index is 9.12. The van der Waals surface area contributed by atoms with E-state index in [-0.39, 0.29) is 18.3 Å². The van der Waals surface area contributed by atoms with E-state index in [2.05, 4.69) is 6.07 Å². The third-order valence-electron chi connectivity index (χ3n) is 2.57. The van der Waals surface area contributed by atoms with Crippen LogP contribution in [0.15, 0.2) is 0 Å². The van der Waals surface area contributed by atoms with Gasteiger partial charge in [0.2, 0.25) is 0 Å². The second-order valence-corrected chi connectivity index (χ2v) is 4.78. The Balaban J connectivity index is 4.86. The van der Waals surface area contributed by atoms with Crippen LogP contribution in [0.5, 0.6) is 0 Å². The normalized spacial score (nSPS) is 14.5. The lowest BCUT2D eigenvalue weighted by atomic mass is 9.78. The zero-order chi connectivity index (χ0) is 11.4. The summed E-state index contributed by atoms with van der Waals surface area (Å²) in [5, 5.41) is 8.77. The van der Waals surface area contributed by atoms with Crippen LogP contribution in [0.4, 0.5) is 0 Å². The number of nitrogens with two attached hydrogens (primary N) is 1. The van der Waals surface area contributed by atoms with Crippen molar-refractivity contribution in [3.8, 4) is 6.07 Å². The average Bonchev–Trinajstić information content (AvgIpc) is 2.01. The number of nitriles is 1. The number of hydrogen-bond acceptors (Lipinski definition) is 4. The van der Waals surface area contributed by atoms with Gasteiger partial charge in [-0.15, -0.1) is 0 Å². The van der Waals surface area contributed by atoms with Crippen molar-refractivity contribution in [1.29, 1.82) is 5.26 Å². The molecule has 3 N–H and O–H groups in total. The molecule has 0 aromatic carbocycles. The molecule has 14 heavy (non-hydrogen) atoms. The van der Waals surface area contributed by atoms with E-state index in [0.29, 0.717) is 0 Å². The fourth-order valence-electron chi connectivity index (χ4n) is 1.62. The van der Waals surface area contributed by atoms with E-state index in [1.54, 1.807) is 0 Å². The van der Waals surface area contributed by atoms with Crippen LogP contribution in [0.1, 0.15) is 34.1 Å². The van der Waals surface area contributed by atoms with Crippen LogP contribution >= 0.6 is 8.53 Å². The van der Waals surface area contributed by atoms with Gasteiger partial charge >= 0.3 is 0 Å². The molecule has 0 aromatic heterocycles. The number of rotatable bonds is 5. The molecule has 0 heterocycles. The summed E-state index contributed by atoms with van der Waals surface area (Å²) in [6.45, 7) is 7.87. The fraction of sp³-hybridized carbons (Fsp3) is 0.889. The highest BCUT2D eigenvalue weighted by Gasteiger charge is 2.40. The van der Waals surface area contributed by atoms with Crippen LogP contribution in [0.3, 0.4) is 0 Å². The Morgan fingerprint density at radius 1 is 1.43 bits per heavy atom. The van der Waals surface area contributed by atoms with Gasteiger partial charge in [0.25, 0.3) is 8.53 Å². The van der Waals surface area contributed by atoms with Crippen molar-refractivity contribution in [3.63, 3.8) is 0 Å². The second-order valence-electron chi connectivity index (χ2n) is 3.99. The zero-order valence-corrected chi connectivity index (χ0v) is 10.1. The lowest BCUT2D eigenvalue weighted by molar-refractivity contribution is -0.0152. The Morgan fingerprint density at radius 2 is 1.86 bits per heavy atom. The molecule has 1 atom stereocenters. The summed E-state index contributed by atoms with van der Waals surface area (Å²) in [6.07, 6.45) is 0.249. The van der Waals surface area contributed by atoms with Crippen LogP contribution in [-0.4, -0.2) is 10.5 Å². The van der Waals surface area contributed by atoms with Gasteiger partial charge in [-0.1, -0.05) is 27.7 Å². The first kappa shape index (κ1) is 13.8. The molecule has 0 fully saturated rings. The Bertz CT molecular complexity index is 203. The molecule has 0 aliphatic rings. The molecule has 0 aliphatic carbocycles. The molecule has 5 heteroatoms. The molecule has 0 aliphatic heterocycles. The topological polar surface area (TPSA) is 79.3 Å². The van der Waals surface area contributed by atoms with Gasteiger partial charge in [-0.05, 0) is 11.8 Å². The SMILES string of the molecule is CC(C)C(CC#N)(OP(N)O)C(C)C. The molecule has 82 valence electrons. The van der Waals surface area contributed by atoms with Crippen molar-refractivity contribution in [2.45, 2.75) is 39.7 Å². The maximum absolute atomic E-state index is 9.12. The highest BCUT2D eigenvalue weighted by molar-refractivity contribution is 7.43. The van der Waals surface area contributed by atoms with Gasteiger partial charge in [-0.3, -0.25) is 5.50 Å². The minimum absolute atomic E-state index is 0.142. The van der Waals surface area contributed by atoms with Crippen LogP contribution in [0, 0.1) is 23.2 Å². The van der Waals surface area contributed by atoms with Gasteiger partial charge in [-0.2, -0.15) is 5.26 Å². The highest BCUT2D eigenvalue weighted by atomic mass is 31.2. The van der Waals surface area contributed by atoms with Crippen LogP contribution in [0.25, 0.3) is 0 Å². The summed E-state index contributed by atoms with van der Waals surface area (Å²) in [4.78, 5) is 9.12. The van der Waals surface area contributed by atoms with E-state index in [1.165, 1.54) is 0 Å². The Kier molecular flexibility index (Phi) is 5.54. The molecular formula is C9H19N2O2P. The summed E-state index contributed by atoms with van der Waals surface area (Å²) in [5.41, 5.74) is 4.64. The predicted octanol–water partition coefficient (Wildman–Crippen LogP) is 2.15.